The molecule has 4 nitrogen and oxygen atoms in total. The molecule has 17 heavy (non-hydrogen) atoms. The lowest BCUT2D eigenvalue weighted by Crippen LogP contribution is -1.97. The Morgan fingerprint density at radius 3 is 2.47 bits per heavy atom. The summed E-state index contributed by atoms with van der Waals surface area (Å²) in [7, 11) is 0. The number of oxazole rings is 1. The van der Waals surface area contributed by atoms with Crippen molar-refractivity contribution in [1.82, 2.24) is 4.98 Å². The zero-order valence-electron chi connectivity index (χ0n) is 9.68. The van der Waals surface area contributed by atoms with Crippen molar-refractivity contribution in [2.45, 2.75) is 19.8 Å². The molecule has 4 heteroatoms. The van der Waals surface area contributed by atoms with Gasteiger partial charge in [0, 0.05) is 5.56 Å². The third kappa shape index (κ3) is 2.20. The Morgan fingerprint density at radius 2 is 1.94 bits per heavy atom. The first-order valence-electron chi connectivity index (χ1n) is 5.39. The molecular formula is C13H13NO3. The van der Waals surface area contributed by atoms with E-state index in [-0.39, 0.29) is 11.8 Å². The summed E-state index contributed by atoms with van der Waals surface area (Å²) < 4.78 is 5.31. The average Bonchev–Trinajstić information content (AvgIpc) is 2.75. The van der Waals surface area contributed by atoms with Crippen molar-refractivity contribution in [2.75, 3.05) is 0 Å². The maximum atomic E-state index is 10.9. The predicted molar refractivity (Wildman–Crippen MR) is 63.0 cm³/mol. The van der Waals surface area contributed by atoms with E-state index in [0.29, 0.717) is 11.5 Å². The number of hydrogen-bond donors (Lipinski definition) is 1. The molecule has 2 rings (SSSR count). The summed E-state index contributed by atoms with van der Waals surface area (Å²) in [6.07, 6.45) is 0. The standard InChI is InChI=1S/C13H13NO3/c1-8(2)10-11(9-6-4-3-5-7-9)17-12(14-10)13(15)16/h3-8H,1-2H3,(H,15,16). The maximum Gasteiger partial charge on any atom is 0.392 e. The second kappa shape index (κ2) is 4.41. The van der Waals surface area contributed by atoms with Crippen molar-refractivity contribution in [2.24, 2.45) is 0 Å². The Morgan fingerprint density at radius 1 is 1.29 bits per heavy atom. The van der Waals surface area contributed by atoms with Crippen LogP contribution >= 0.6 is 0 Å². The van der Waals surface area contributed by atoms with Gasteiger partial charge in [-0.05, 0) is 5.92 Å². The molecule has 0 saturated carbocycles. The number of benzene rings is 1. The first-order chi connectivity index (χ1) is 8.09. The van der Waals surface area contributed by atoms with Crippen molar-refractivity contribution in [3.63, 3.8) is 0 Å². The number of aromatic carboxylic acids is 1. The molecule has 1 aromatic heterocycles. The smallest absolute Gasteiger partial charge is 0.392 e. The van der Waals surface area contributed by atoms with Crippen molar-refractivity contribution >= 4 is 5.97 Å². The van der Waals surface area contributed by atoms with Crippen molar-refractivity contribution < 1.29 is 14.3 Å². The minimum atomic E-state index is -1.14. The summed E-state index contributed by atoms with van der Waals surface area (Å²) in [5.41, 5.74) is 1.52. The number of rotatable bonds is 3. The summed E-state index contributed by atoms with van der Waals surface area (Å²) in [6, 6.07) is 9.40. The van der Waals surface area contributed by atoms with Gasteiger partial charge in [-0.1, -0.05) is 44.2 Å². The summed E-state index contributed by atoms with van der Waals surface area (Å²) in [6.45, 7) is 3.91. The molecule has 88 valence electrons. The highest BCUT2D eigenvalue weighted by Gasteiger charge is 2.20. The maximum absolute atomic E-state index is 10.9. The van der Waals surface area contributed by atoms with Crippen LogP contribution < -0.4 is 0 Å². The van der Waals surface area contributed by atoms with Crippen molar-refractivity contribution in [1.29, 1.82) is 0 Å². The molecule has 0 fully saturated rings. The highest BCUT2D eigenvalue weighted by Crippen LogP contribution is 2.29. The second-order valence-corrected chi connectivity index (χ2v) is 4.06. The first-order valence-corrected chi connectivity index (χ1v) is 5.39. The Bertz CT molecular complexity index is 529. The molecule has 0 aliphatic carbocycles. The van der Waals surface area contributed by atoms with Crippen LogP contribution in [-0.2, 0) is 0 Å². The summed E-state index contributed by atoms with van der Waals surface area (Å²) in [4.78, 5) is 14.9. The molecule has 0 aliphatic rings. The summed E-state index contributed by atoms with van der Waals surface area (Å²) in [5, 5.41) is 8.90. The minimum Gasteiger partial charge on any atom is -0.474 e. The van der Waals surface area contributed by atoms with E-state index < -0.39 is 5.97 Å². The Balaban J connectivity index is 2.56. The van der Waals surface area contributed by atoms with E-state index in [1.807, 2.05) is 44.2 Å². The molecule has 1 aromatic carbocycles. The normalized spacial score (nSPS) is 10.8. The lowest BCUT2D eigenvalue weighted by molar-refractivity contribution is 0.0654. The molecule has 0 bridgehead atoms. The van der Waals surface area contributed by atoms with Crippen LogP contribution in [0.5, 0.6) is 0 Å². The van der Waals surface area contributed by atoms with E-state index in [1.54, 1.807) is 0 Å². The number of aromatic nitrogens is 1. The van der Waals surface area contributed by atoms with E-state index in [9.17, 15) is 4.79 Å². The van der Waals surface area contributed by atoms with E-state index in [1.165, 1.54) is 0 Å². The van der Waals surface area contributed by atoms with Crippen LogP contribution in [-0.4, -0.2) is 16.1 Å². The van der Waals surface area contributed by atoms with Gasteiger partial charge in [0.15, 0.2) is 5.76 Å². The average molecular weight is 231 g/mol. The van der Waals surface area contributed by atoms with Crippen LogP contribution in [0.1, 0.15) is 36.1 Å². The molecule has 0 spiro atoms. The van der Waals surface area contributed by atoms with Gasteiger partial charge in [0.2, 0.25) is 0 Å². The summed E-state index contributed by atoms with van der Waals surface area (Å²) in [5.74, 6) is -0.748. The molecule has 0 saturated heterocycles. The number of nitrogens with zero attached hydrogens (tertiary/aromatic N) is 1. The molecule has 0 amide bonds. The van der Waals surface area contributed by atoms with Crippen LogP contribution in [0.3, 0.4) is 0 Å². The van der Waals surface area contributed by atoms with Gasteiger partial charge in [0.1, 0.15) is 0 Å². The van der Waals surface area contributed by atoms with Crippen LogP contribution in [0, 0.1) is 0 Å². The van der Waals surface area contributed by atoms with Gasteiger partial charge < -0.3 is 9.52 Å². The van der Waals surface area contributed by atoms with Crippen LogP contribution in [0.4, 0.5) is 0 Å². The van der Waals surface area contributed by atoms with Gasteiger partial charge in [0.05, 0.1) is 5.69 Å². The number of carbonyl (C=O) groups is 1. The zero-order chi connectivity index (χ0) is 12.4. The molecule has 2 aromatic rings. The van der Waals surface area contributed by atoms with E-state index in [0.717, 1.165) is 5.56 Å². The monoisotopic (exact) mass is 231 g/mol. The van der Waals surface area contributed by atoms with Crippen molar-refractivity contribution in [3.8, 4) is 11.3 Å². The topological polar surface area (TPSA) is 63.3 Å². The second-order valence-electron chi connectivity index (χ2n) is 4.06. The Kier molecular flexibility index (Phi) is 2.95. The fourth-order valence-electron chi connectivity index (χ4n) is 1.61. The number of carboxylic acids is 1. The van der Waals surface area contributed by atoms with Crippen molar-refractivity contribution in [3.05, 3.63) is 41.9 Å². The Labute approximate surface area is 98.9 Å². The minimum absolute atomic E-state index is 0.113. The summed E-state index contributed by atoms with van der Waals surface area (Å²) >= 11 is 0. The molecule has 0 unspecified atom stereocenters. The van der Waals surface area contributed by atoms with E-state index in [2.05, 4.69) is 4.98 Å². The SMILES string of the molecule is CC(C)c1nc(C(=O)O)oc1-c1ccccc1. The first kappa shape index (κ1) is 11.4. The van der Waals surface area contributed by atoms with Gasteiger partial charge in [0.25, 0.3) is 0 Å². The molecule has 1 N–H and O–H groups in total. The molecule has 1 heterocycles. The zero-order valence-corrected chi connectivity index (χ0v) is 9.68. The molecule has 0 radical (unpaired) electrons. The van der Waals surface area contributed by atoms with Crippen LogP contribution in [0.25, 0.3) is 11.3 Å². The fraction of sp³-hybridized carbons (Fsp3) is 0.231. The van der Waals surface area contributed by atoms with E-state index >= 15 is 0 Å². The third-order valence-corrected chi connectivity index (χ3v) is 2.42. The fourth-order valence-corrected chi connectivity index (χ4v) is 1.61. The predicted octanol–water partition coefficient (Wildman–Crippen LogP) is 3.16. The third-order valence-electron chi connectivity index (χ3n) is 2.42. The Hall–Kier alpha value is -2.10. The van der Waals surface area contributed by atoms with Gasteiger partial charge in [-0.25, -0.2) is 9.78 Å². The number of hydrogen-bond acceptors (Lipinski definition) is 3. The van der Waals surface area contributed by atoms with Gasteiger partial charge >= 0.3 is 11.9 Å². The quantitative estimate of drug-likeness (QED) is 0.881. The highest BCUT2D eigenvalue weighted by molar-refractivity contribution is 5.83. The lowest BCUT2D eigenvalue weighted by Gasteiger charge is -2.02. The van der Waals surface area contributed by atoms with Gasteiger partial charge in [-0.15, -0.1) is 0 Å². The molecular weight excluding hydrogens is 218 g/mol. The molecule has 0 atom stereocenters. The lowest BCUT2D eigenvalue weighted by atomic mass is 10.0. The van der Waals surface area contributed by atoms with Gasteiger partial charge in [-0.3, -0.25) is 0 Å². The van der Waals surface area contributed by atoms with E-state index in [4.69, 9.17) is 9.52 Å². The number of carboxylic acid groups (broad SMARTS) is 1. The van der Waals surface area contributed by atoms with Crippen LogP contribution in [0.2, 0.25) is 0 Å². The largest absolute Gasteiger partial charge is 0.474 e. The highest BCUT2D eigenvalue weighted by atomic mass is 16.4. The van der Waals surface area contributed by atoms with Gasteiger partial charge in [-0.2, -0.15) is 0 Å². The van der Waals surface area contributed by atoms with Crippen LogP contribution in [0.15, 0.2) is 34.7 Å². The molecule has 0 aliphatic heterocycles.